The van der Waals surface area contributed by atoms with Crippen LogP contribution in [0.3, 0.4) is 0 Å². The van der Waals surface area contributed by atoms with E-state index < -0.39 is 0 Å². The van der Waals surface area contributed by atoms with Gasteiger partial charge in [-0.15, -0.1) is 0 Å². The molecule has 84 valence electrons. The number of rotatable bonds is 0. The van der Waals surface area contributed by atoms with Crippen molar-refractivity contribution in [3.05, 3.63) is 0 Å². The fourth-order valence-corrected chi connectivity index (χ4v) is 5.08. The van der Waals surface area contributed by atoms with Crippen molar-refractivity contribution in [2.24, 2.45) is 16.2 Å². The Bertz CT molecular complexity index is 315. The van der Waals surface area contributed by atoms with Crippen LogP contribution < -0.4 is 0 Å². The van der Waals surface area contributed by atoms with Crippen LogP contribution in [0.5, 0.6) is 0 Å². The summed E-state index contributed by atoms with van der Waals surface area (Å²) in [6.45, 7) is 6.80. The Morgan fingerprint density at radius 2 is 1.60 bits per heavy atom. The van der Waals surface area contributed by atoms with Crippen LogP contribution in [0.2, 0.25) is 0 Å². The third-order valence-corrected chi connectivity index (χ3v) is 4.69. The SMILES string of the molecule is CC12CC3CC(C)(C1)CC(C)(C2)C(=O)O3. The lowest BCUT2D eigenvalue weighted by Crippen LogP contribution is -2.47. The van der Waals surface area contributed by atoms with Crippen LogP contribution in [0.15, 0.2) is 0 Å². The van der Waals surface area contributed by atoms with Gasteiger partial charge in [0, 0.05) is 0 Å². The van der Waals surface area contributed by atoms with Crippen LogP contribution in [0.4, 0.5) is 0 Å². The summed E-state index contributed by atoms with van der Waals surface area (Å²) in [4.78, 5) is 12.0. The number of fused-ring (bicyclic) bond motifs is 1. The molecule has 2 atom stereocenters. The second-order valence-corrected chi connectivity index (χ2v) is 7.15. The van der Waals surface area contributed by atoms with Gasteiger partial charge < -0.3 is 4.74 Å². The molecule has 2 unspecified atom stereocenters. The molecule has 0 N–H and O–H groups in total. The van der Waals surface area contributed by atoms with E-state index in [1.807, 2.05) is 0 Å². The molecular weight excluding hydrogens is 188 g/mol. The van der Waals surface area contributed by atoms with Gasteiger partial charge in [-0.25, -0.2) is 0 Å². The highest BCUT2D eigenvalue weighted by Gasteiger charge is 2.60. The van der Waals surface area contributed by atoms with Crippen molar-refractivity contribution >= 4 is 5.97 Å². The number of carbonyl (C=O) groups is 1. The van der Waals surface area contributed by atoms with Gasteiger partial charge in [0.05, 0.1) is 5.41 Å². The van der Waals surface area contributed by atoms with E-state index in [4.69, 9.17) is 4.74 Å². The lowest BCUT2D eigenvalue weighted by Gasteiger charge is -2.53. The van der Waals surface area contributed by atoms with Gasteiger partial charge in [0.15, 0.2) is 0 Å². The second kappa shape index (κ2) is 2.41. The maximum absolute atomic E-state index is 12.0. The number of hydrogen-bond donors (Lipinski definition) is 0. The summed E-state index contributed by atoms with van der Waals surface area (Å²) in [5, 5.41) is 0. The van der Waals surface area contributed by atoms with E-state index >= 15 is 0 Å². The molecule has 2 heterocycles. The topological polar surface area (TPSA) is 26.3 Å². The number of ether oxygens (including phenoxy) is 1. The third-order valence-electron chi connectivity index (χ3n) is 4.69. The zero-order valence-corrected chi connectivity index (χ0v) is 9.93. The van der Waals surface area contributed by atoms with E-state index in [1.165, 1.54) is 6.42 Å². The first kappa shape index (κ1) is 9.68. The average molecular weight is 208 g/mol. The maximum atomic E-state index is 12.0. The van der Waals surface area contributed by atoms with Crippen molar-refractivity contribution in [2.45, 2.75) is 59.0 Å². The fraction of sp³-hybridized carbons (Fsp3) is 0.923. The largest absolute Gasteiger partial charge is 0.462 e. The monoisotopic (exact) mass is 208 g/mol. The molecule has 0 aromatic heterocycles. The summed E-state index contributed by atoms with van der Waals surface area (Å²) in [6, 6.07) is 0. The first-order valence-corrected chi connectivity index (χ1v) is 6.04. The molecule has 2 heteroatoms. The summed E-state index contributed by atoms with van der Waals surface area (Å²) in [5.74, 6) is 0.0691. The molecule has 0 aromatic rings. The van der Waals surface area contributed by atoms with E-state index in [9.17, 15) is 4.79 Å². The first-order valence-electron chi connectivity index (χ1n) is 6.04. The molecule has 0 spiro atoms. The molecule has 2 aliphatic heterocycles. The first-order chi connectivity index (χ1) is 6.83. The minimum atomic E-state index is -0.201. The minimum absolute atomic E-state index is 0.0691. The highest BCUT2D eigenvalue weighted by Crippen LogP contribution is 2.63. The minimum Gasteiger partial charge on any atom is -0.462 e. The predicted octanol–water partition coefficient (Wildman–Crippen LogP) is 2.91. The van der Waals surface area contributed by atoms with E-state index in [0.717, 1.165) is 25.7 Å². The lowest BCUT2D eigenvalue weighted by atomic mass is 9.50. The van der Waals surface area contributed by atoms with Crippen LogP contribution in [-0.4, -0.2) is 12.1 Å². The van der Waals surface area contributed by atoms with E-state index in [-0.39, 0.29) is 17.5 Å². The summed E-state index contributed by atoms with van der Waals surface area (Å²) in [7, 11) is 0. The van der Waals surface area contributed by atoms with Gasteiger partial charge in [-0.1, -0.05) is 13.8 Å². The van der Waals surface area contributed by atoms with Crippen molar-refractivity contribution < 1.29 is 9.53 Å². The van der Waals surface area contributed by atoms with E-state index in [1.54, 1.807) is 0 Å². The quantitative estimate of drug-likeness (QED) is 0.572. The van der Waals surface area contributed by atoms with Crippen LogP contribution >= 0.6 is 0 Å². The Kier molecular flexibility index (Phi) is 1.56. The van der Waals surface area contributed by atoms with Gasteiger partial charge >= 0.3 is 5.97 Å². The molecule has 4 bridgehead atoms. The van der Waals surface area contributed by atoms with Crippen molar-refractivity contribution in [1.29, 1.82) is 0 Å². The number of esters is 1. The van der Waals surface area contributed by atoms with Crippen molar-refractivity contribution in [2.75, 3.05) is 0 Å². The van der Waals surface area contributed by atoms with Gasteiger partial charge in [-0.3, -0.25) is 4.79 Å². The van der Waals surface area contributed by atoms with Crippen LogP contribution in [-0.2, 0) is 9.53 Å². The fourth-order valence-electron chi connectivity index (χ4n) is 5.08. The molecule has 2 saturated heterocycles. The molecule has 2 nitrogen and oxygen atoms in total. The number of carbonyl (C=O) groups excluding carboxylic acids is 1. The Labute approximate surface area is 91.4 Å². The molecule has 4 fully saturated rings. The highest BCUT2D eigenvalue weighted by molar-refractivity contribution is 5.77. The van der Waals surface area contributed by atoms with Gasteiger partial charge in [0.25, 0.3) is 0 Å². The molecule has 4 rings (SSSR count). The van der Waals surface area contributed by atoms with Crippen LogP contribution in [0, 0.1) is 16.2 Å². The predicted molar refractivity (Wildman–Crippen MR) is 57.3 cm³/mol. The zero-order chi connectivity index (χ0) is 10.9. The Morgan fingerprint density at radius 1 is 1.07 bits per heavy atom. The van der Waals surface area contributed by atoms with Gasteiger partial charge in [0.2, 0.25) is 0 Å². The molecule has 2 saturated carbocycles. The number of hydrogen-bond acceptors (Lipinski definition) is 2. The van der Waals surface area contributed by atoms with Crippen LogP contribution in [0.25, 0.3) is 0 Å². The van der Waals surface area contributed by atoms with Gasteiger partial charge in [0.1, 0.15) is 6.10 Å². The summed E-state index contributed by atoms with van der Waals surface area (Å²) < 4.78 is 5.63. The van der Waals surface area contributed by atoms with Crippen molar-refractivity contribution in [3.63, 3.8) is 0 Å². The standard InChI is InChI=1S/C13H20O2/c1-11-4-9-5-12(2,6-11)8-13(3,7-11)10(14)15-9/h9H,4-8H2,1-3H3. The smallest absolute Gasteiger partial charge is 0.312 e. The van der Waals surface area contributed by atoms with E-state index in [0.29, 0.717) is 10.8 Å². The third kappa shape index (κ3) is 1.26. The summed E-state index contributed by atoms with van der Waals surface area (Å²) in [6.07, 6.45) is 5.72. The van der Waals surface area contributed by atoms with Gasteiger partial charge in [-0.05, 0) is 49.9 Å². The summed E-state index contributed by atoms with van der Waals surface area (Å²) >= 11 is 0. The molecule has 4 aliphatic rings. The zero-order valence-electron chi connectivity index (χ0n) is 9.93. The van der Waals surface area contributed by atoms with Crippen molar-refractivity contribution in [1.82, 2.24) is 0 Å². The van der Waals surface area contributed by atoms with Gasteiger partial charge in [-0.2, -0.15) is 0 Å². The lowest BCUT2D eigenvalue weighted by molar-refractivity contribution is -0.157. The van der Waals surface area contributed by atoms with Crippen LogP contribution in [0.1, 0.15) is 52.9 Å². The Balaban J connectivity index is 2.11. The van der Waals surface area contributed by atoms with E-state index in [2.05, 4.69) is 20.8 Å². The molecule has 2 aliphatic carbocycles. The molecular formula is C13H20O2. The normalized spacial score (nSPS) is 57.8. The Hall–Kier alpha value is -0.530. The molecule has 0 radical (unpaired) electrons. The second-order valence-electron chi connectivity index (χ2n) is 7.15. The molecule has 0 amide bonds. The average Bonchev–Trinajstić information content (AvgIpc) is 2.05. The Morgan fingerprint density at radius 3 is 2.13 bits per heavy atom. The maximum Gasteiger partial charge on any atom is 0.312 e. The summed E-state index contributed by atoms with van der Waals surface area (Å²) in [5.41, 5.74) is 0.487. The molecule has 0 aromatic carbocycles. The molecule has 15 heavy (non-hydrogen) atoms. The van der Waals surface area contributed by atoms with Crippen molar-refractivity contribution in [3.8, 4) is 0 Å². The highest BCUT2D eigenvalue weighted by atomic mass is 16.5.